The fraction of sp³-hybridized carbons (Fsp3) is 0.765. The van der Waals surface area contributed by atoms with Crippen LogP contribution in [0.15, 0.2) is 0 Å². The zero-order valence-corrected chi connectivity index (χ0v) is 15.6. The molecule has 0 aromatic carbocycles. The van der Waals surface area contributed by atoms with Gasteiger partial charge in [0.15, 0.2) is 0 Å². The molecule has 1 aliphatic heterocycles. The molecule has 6 heteroatoms. The number of H-pyrrole nitrogens is 1. The van der Waals surface area contributed by atoms with Gasteiger partial charge in [-0.2, -0.15) is 16.9 Å². The number of urea groups is 1. The molecule has 23 heavy (non-hydrogen) atoms. The van der Waals surface area contributed by atoms with Crippen LogP contribution < -0.4 is 5.32 Å². The Bertz CT molecular complexity index is 497. The van der Waals surface area contributed by atoms with Crippen LogP contribution in [-0.2, 0) is 0 Å². The van der Waals surface area contributed by atoms with Crippen LogP contribution in [0.4, 0.5) is 4.79 Å². The topological polar surface area (TPSA) is 61.0 Å². The number of hydrogen-bond donors (Lipinski definition) is 2. The van der Waals surface area contributed by atoms with Crippen LogP contribution in [0.25, 0.3) is 0 Å². The lowest BCUT2D eigenvalue weighted by molar-refractivity contribution is 0.172. The summed E-state index contributed by atoms with van der Waals surface area (Å²) >= 11 is 1.82. The molecule has 0 aliphatic carbocycles. The van der Waals surface area contributed by atoms with Crippen molar-refractivity contribution in [3.8, 4) is 0 Å². The highest BCUT2D eigenvalue weighted by atomic mass is 32.2. The molecular formula is C17H30N4OS. The smallest absolute Gasteiger partial charge is 0.318 e. The molecule has 1 aliphatic rings. The third-order valence-electron chi connectivity index (χ3n) is 4.66. The summed E-state index contributed by atoms with van der Waals surface area (Å²) in [6.45, 7) is 7.00. The molecule has 1 aromatic heterocycles. The maximum Gasteiger partial charge on any atom is 0.318 e. The molecule has 0 saturated carbocycles. The number of aromatic amines is 1. The first-order valence-corrected chi connectivity index (χ1v) is 10.0. The molecule has 2 amide bonds. The van der Waals surface area contributed by atoms with E-state index in [0.717, 1.165) is 42.9 Å². The number of carbonyl (C=O) groups is 1. The van der Waals surface area contributed by atoms with Crippen molar-refractivity contribution < 1.29 is 4.79 Å². The number of thioether (sulfide) groups is 1. The van der Waals surface area contributed by atoms with Gasteiger partial charge in [0.25, 0.3) is 0 Å². The minimum absolute atomic E-state index is 0.0745. The Kier molecular flexibility index (Phi) is 6.81. The van der Waals surface area contributed by atoms with Crippen LogP contribution in [0.3, 0.4) is 0 Å². The summed E-state index contributed by atoms with van der Waals surface area (Å²) in [7, 11) is 0. The maximum atomic E-state index is 12.8. The number of aryl methyl sites for hydroxylation is 2. The minimum Gasteiger partial charge on any atom is -0.335 e. The summed E-state index contributed by atoms with van der Waals surface area (Å²) in [5.74, 6) is 1.07. The summed E-state index contributed by atoms with van der Waals surface area (Å²) in [6.07, 6.45) is 7.57. The van der Waals surface area contributed by atoms with E-state index in [1.807, 2.05) is 23.6 Å². The molecule has 1 fully saturated rings. The second kappa shape index (κ2) is 8.62. The first kappa shape index (κ1) is 18.2. The molecule has 130 valence electrons. The van der Waals surface area contributed by atoms with Gasteiger partial charge in [-0.05, 0) is 52.0 Å². The molecule has 1 saturated heterocycles. The van der Waals surface area contributed by atoms with Crippen LogP contribution in [-0.4, -0.2) is 45.7 Å². The van der Waals surface area contributed by atoms with Crippen molar-refractivity contribution in [1.82, 2.24) is 20.4 Å². The normalized spacial score (nSPS) is 20.2. The van der Waals surface area contributed by atoms with Crippen LogP contribution in [0.1, 0.15) is 62.0 Å². The zero-order chi connectivity index (χ0) is 16.8. The fourth-order valence-corrected chi connectivity index (χ4v) is 3.95. The van der Waals surface area contributed by atoms with Crippen molar-refractivity contribution >= 4 is 17.8 Å². The Hall–Kier alpha value is -1.17. The predicted molar refractivity (Wildman–Crippen MR) is 97.0 cm³/mol. The standard InChI is InChI=1S/C17H30N4OS/c1-12(9-11-23-4)18-17(22)21-10-7-5-6-8-15(21)16-13(2)19-20-14(16)3/h12,15H,5-11H2,1-4H3,(H,18,22)(H,19,20). The Morgan fingerprint density at radius 3 is 2.87 bits per heavy atom. The molecule has 2 heterocycles. The minimum atomic E-state index is 0.0745. The molecule has 2 N–H and O–H groups in total. The summed E-state index contributed by atoms with van der Waals surface area (Å²) in [5.41, 5.74) is 3.31. The molecule has 0 bridgehead atoms. The molecule has 5 nitrogen and oxygen atoms in total. The fourth-order valence-electron chi connectivity index (χ4n) is 3.36. The van der Waals surface area contributed by atoms with Gasteiger partial charge in [-0.25, -0.2) is 4.79 Å². The Balaban J connectivity index is 2.13. The van der Waals surface area contributed by atoms with Crippen LogP contribution >= 0.6 is 11.8 Å². The predicted octanol–water partition coefficient (Wildman–Crippen LogP) is 3.79. The van der Waals surface area contributed by atoms with Gasteiger partial charge < -0.3 is 10.2 Å². The second-order valence-electron chi connectivity index (χ2n) is 6.54. The van der Waals surface area contributed by atoms with E-state index in [1.165, 1.54) is 18.4 Å². The molecular weight excluding hydrogens is 308 g/mol. The molecule has 2 rings (SSSR count). The monoisotopic (exact) mass is 338 g/mol. The van der Waals surface area contributed by atoms with E-state index in [2.05, 4.69) is 35.6 Å². The van der Waals surface area contributed by atoms with Crippen LogP contribution in [0, 0.1) is 13.8 Å². The number of carbonyl (C=O) groups excluding carboxylic acids is 1. The van der Waals surface area contributed by atoms with E-state index in [0.29, 0.717) is 0 Å². The molecule has 0 radical (unpaired) electrons. The van der Waals surface area contributed by atoms with Gasteiger partial charge >= 0.3 is 6.03 Å². The number of nitrogens with one attached hydrogen (secondary N) is 2. The maximum absolute atomic E-state index is 12.8. The van der Waals surface area contributed by atoms with Crippen LogP contribution in [0.2, 0.25) is 0 Å². The van der Waals surface area contributed by atoms with Crippen molar-refractivity contribution in [3.63, 3.8) is 0 Å². The van der Waals surface area contributed by atoms with Gasteiger partial charge in [0.2, 0.25) is 0 Å². The average molecular weight is 339 g/mol. The summed E-state index contributed by atoms with van der Waals surface area (Å²) < 4.78 is 0. The Labute approximate surface area is 144 Å². The van der Waals surface area contributed by atoms with E-state index in [4.69, 9.17) is 0 Å². The first-order valence-electron chi connectivity index (χ1n) is 8.62. The summed E-state index contributed by atoms with van der Waals surface area (Å²) in [5, 5.41) is 10.6. The van der Waals surface area contributed by atoms with Gasteiger partial charge in [-0.1, -0.05) is 12.8 Å². The summed E-state index contributed by atoms with van der Waals surface area (Å²) in [4.78, 5) is 14.9. The van der Waals surface area contributed by atoms with Gasteiger partial charge in [0.1, 0.15) is 0 Å². The number of likely N-dealkylation sites (tertiary alicyclic amines) is 1. The lowest BCUT2D eigenvalue weighted by atomic mass is 9.99. The van der Waals surface area contributed by atoms with Crippen molar-refractivity contribution in [2.75, 3.05) is 18.6 Å². The van der Waals surface area contributed by atoms with Crippen molar-refractivity contribution in [2.24, 2.45) is 0 Å². The largest absolute Gasteiger partial charge is 0.335 e. The zero-order valence-electron chi connectivity index (χ0n) is 14.8. The first-order chi connectivity index (χ1) is 11.0. The van der Waals surface area contributed by atoms with E-state index in [9.17, 15) is 4.79 Å². The van der Waals surface area contributed by atoms with Gasteiger partial charge in [-0.3, -0.25) is 5.10 Å². The highest BCUT2D eigenvalue weighted by molar-refractivity contribution is 7.98. The molecule has 1 aromatic rings. The van der Waals surface area contributed by atoms with Crippen LogP contribution in [0.5, 0.6) is 0 Å². The van der Waals surface area contributed by atoms with E-state index < -0.39 is 0 Å². The third kappa shape index (κ3) is 4.66. The van der Waals surface area contributed by atoms with E-state index in [1.54, 1.807) is 0 Å². The van der Waals surface area contributed by atoms with Crippen molar-refractivity contribution in [2.45, 2.75) is 65.0 Å². The number of amides is 2. The third-order valence-corrected chi connectivity index (χ3v) is 5.30. The summed E-state index contributed by atoms with van der Waals surface area (Å²) in [6, 6.07) is 0.430. The van der Waals surface area contributed by atoms with E-state index in [-0.39, 0.29) is 18.1 Å². The molecule has 0 spiro atoms. The lowest BCUT2D eigenvalue weighted by Crippen LogP contribution is -2.45. The van der Waals surface area contributed by atoms with Crippen molar-refractivity contribution in [1.29, 1.82) is 0 Å². The molecule has 2 atom stereocenters. The highest BCUT2D eigenvalue weighted by Gasteiger charge is 2.30. The number of rotatable bonds is 5. The number of aromatic nitrogens is 2. The van der Waals surface area contributed by atoms with Gasteiger partial charge in [0.05, 0.1) is 11.7 Å². The number of hydrogen-bond acceptors (Lipinski definition) is 3. The second-order valence-corrected chi connectivity index (χ2v) is 7.52. The molecule has 2 unspecified atom stereocenters. The highest BCUT2D eigenvalue weighted by Crippen LogP contribution is 2.33. The van der Waals surface area contributed by atoms with E-state index >= 15 is 0 Å². The van der Waals surface area contributed by atoms with Gasteiger partial charge in [0, 0.05) is 23.8 Å². The SMILES string of the molecule is CSCCC(C)NC(=O)N1CCCCCC1c1c(C)n[nH]c1C. The Morgan fingerprint density at radius 2 is 2.22 bits per heavy atom. The Morgan fingerprint density at radius 1 is 1.43 bits per heavy atom. The quantitative estimate of drug-likeness (QED) is 0.858. The number of nitrogens with zero attached hydrogens (tertiary/aromatic N) is 2. The lowest BCUT2D eigenvalue weighted by Gasteiger charge is -2.32. The van der Waals surface area contributed by atoms with Gasteiger partial charge in [-0.15, -0.1) is 0 Å². The average Bonchev–Trinajstić information content (AvgIpc) is 2.73. The van der Waals surface area contributed by atoms with Crippen molar-refractivity contribution in [3.05, 3.63) is 17.0 Å².